The highest BCUT2D eigenvalue weighted by Crippen LogP contribution is 2.36. The van der Waals surface area contributed by atoms with Crippen LogP contribution in [0.1, 0.15) is 69.1 Å². The Morgan fingerprint density at radius 1 is 1.29 bits per heavy atom. The zero-order valence-corrected chi connectivity index (χ0v) is 18.1. The van der Waals surface area contributed by atoms with E-state index in [9.17, 15) is 9.90 Å². The van der Waals surface area contributed by atoms with Gasteiger partial charge in [0.15, 0.2) is 5.58 Å². The van der Waals surface area contributed by atoms with Crippen molar-refractivity contribution in [1.82, 2.24) is 0 Å². The minimum absolute atomic E-state index is 0.0538. The summed E-state index contributed by atoms with van der Waals surface area (Å²) in [6, 6.07) is 1.75. The van der Waals surface area contributed by atoms with Crippen LogP contribution in [0.15, 0.2) is 15.3 Å². The molecule has 5 heteroatoms. The molecule has 0 saturated carbocycles. The van der Waals surface area contributed by atoms with Gasteiger partial charge in [-0.1, -0.05) is 44.7 Å². The van der Waals surface area contributed by atoms with Gasteiger partial charge in [0.1, 0.15) is 12.3 Å². The number of piperidine rings is 1. The van der Waals surface area contributed by atoms with Crippen molar-refractivity contribution in [3.63, 3.8) is 0 Å². The number of fused-ring (bicyclic) bond motifs is 1. The molecule has 0 aliphatic carbocycles. The second-order valence-electron chi connectivity index (χ2n) is 8.49. The fourth-order valence-electron chi connectivity index (χ4n) is 4.53. The van der Waals surface area contributed by atoms with Crippen LogP contribution < -0.4 is 10.5 Å². The first kappa shape index (κ1) is 21.2. The van der Waals surface area contributed by atoms with E-state index in [1.54, 1.807) is 6.07 Å². The Labute approximate surface area is 172 Å². The summed E-state index contributed by atoms with van der Waals surface area (Å²) >= 11 is 6.37. The van der Waals surface area contributed by atoms with Crippen LogP contribution in [0.25, 0.3) is 11.0 Å². The number of benzene rings is 1. The highest BCUT2D eigenvalue weighted by atomic mass is 35.5. The van der Waals surface area contributed by atoms with Gasteiger partial charge in [0.2, 0.25) is 0 Å². The van der Waals surface area contributed by atoms with E-state index in [1.807, 2.05) is 6.92 Å². The van der Waals surface area contributed by atoms with Gasteiger partial charge in [-0.15, -0.1) is 0 Å². The van der Waals surface area contributed by atoms with Crippen LogP contribution in [-0.2, 0) is 13.0 Å². The third kappa shape index (κ3) is 4.55. The van der Waals surface area contributed by atoms with E-state index in [4.69, 9.17) is 16.0 Å². The number of quaternary nitrogens is 1. The van der Waals surface area contributed by atoms with Gasteiger partial charge in [-0.3, -0.25) is 0 Å². The molecule has 2 aromatic rings. The van der Waals surface area contributed by atoms with Crippen LogP contribution in [-0.4, -0.2) is 18.2 Å². The maximum Gasteiger partial charge on any atom is 0.339 e. The molecule has 0 bridgehead atoms. The van der Waals surface area contributed by atoms with E-state index >= 15 is 0 Å². The van der Waals surface area contributed by atoms with Crippen LogP contribution >= 0.6 is 11.6 Å². The molecule has 1 saturated heterocycles. The Balaban J connectivity index is 1.99. The molecule has 2 atom stereocenters. The lowest BCUT2D eigenvalue weighted by Crippen LogP contribution is -3.12. The number of likely N-dealkylation sites (tertiary alicyclic amines) is 1. The number of hydrogen-bond donors (Lipinski definition) is 2. The average molecular weight is 407 g/mol. The van der Waals surface area contributed by atoms with Gasteiger partial charge in [0.05, 0.1) is 23.7 Å². The second-order valence-corrected chi connectivity index (χ2v) is 8.90. The predicted octanol–water partition coefficient (Wildman–Crippen LogP) is 4.40. The van der Waals surface area contributed by atoms with Crippen LogP contribution in [0.2, 0.25) is 5.02 Å². The van der Waals surface area contributed by atoms with Gasteiger partial charge >= 0.3 is 5.63 Å². The SMILES string of the molecule is CCCCCCc1c(C)c2cc(Cl)c(O)c(C[NH+]3CCC[C@@H](C)C3)c2oc1=O. The van der Waals surface area contributed by atoms with Gasteiger partial charge in [-0.05, 0) is 44.2 Å². The number of nitrogens with one attached hydrogen (secondary N) is 1. The molecule has 1 aliphatic heterocycles. The molecule has 2 heterocycles. The molecule has 4 nitrogen and oxygen atoms in total. The molecule has 1 unspecified atom stereocenters. The zero-order chi connectivity index (χ0) is 20.3. The summed E-state index contributed by atoms with van der Waals surface area (Å²) < 4.78 is 5.78. The smallest absolute Gasteiger partial charge is 0.339 e. The fourth-order valence-corrected chi connectivity index (χ4v) is 4.75. The number of aryl methyl sites for hydroxylation is 1. The molecule has 2 N–H and O–H groups in total. The Morgan fingerprint density at radius 2 is 2.07 bits per heavy atom. The Morgan fingerprint density at radius 3 is 2.79 bits per heavy atom. The average Bonchev–Trinajstić information content (AvgIpc) is 2.66. The van der Waals surface area contributed by atoms with Crippen LogP contribution in [0.3, 0.4) is 0 Å². The lowest BCUT2D eigenvalue weighted by atomic mass is 9.97. The van der Waals surface area contributed by atoms with Crippen molar-refractivity contribution in [3.8, 4) is 5.75 Å². The maximum atomic E-state index is 12.7. The van der Waals surface area contributed by atoms with Crippen molar-refractivity contribution in [2.75, 3.05) is 13.1 Å². The molecule has 1 fully saturated rings. The number of halogens is 1. The molecule has 154 valence electrons. The highest BCUT2D eigenvalue weighted by Gasteiger charge is 2.25. The van der Waals surface area contributed by atoms with E-state index in [1.165, 1.54) is 30.6 Å². The first-order valence-corrected chi connectivity index (χ1v) is 11.1. The summed E-state index contributed by atoms with van der Waals surface area (Å²) in [5, 5.41) is 11.8. The summed E-state index contributed by atoms with van der Waals surface area (Å²) in [4.78, 5) is 14.1. The minimum Gasteiger partial charge on any atom is -0.506 e. The number of phenols is 1. The molecule has 1 aliphatic rings. The lowest BCUT2D eigenvalue weighted by molar-refractivity contribution is -0.922. The minimum atomic E-state index is -0.272. The van der Waals surface area contributed by atoms with Crippen LogP contribution in [0, 0.1) is 12.8 Å². The molecule has 3 rings (SSSR count). The fraction of sp³-hybridized carbons (Fsp3) is 0.609. The van der Waals surface area contributed by atoms with Crippen LogP contribution in [0.5, 0.6) is 5.75 Å². The van der Waals surface area contributed by atoms with Gasteiger partial charge in [0.25, 0.3) is 0 Å². The van der Waals surface area contributed by atoms with E-state index in [0.717, 1.165) is 48.9 Å². The predicted molar refractivity (Wildman–Crippen MR) is 115 cm³/mol. The maximum absolute atomic E-state index is 12.7. The van der Waals surface area contributed by atoms with Crippen LogP contribution in [0.4, 0.5) is 0 Å². The summed E-state index contributed by atoms with van der Waals surface area (Å²) in [6.07, 6.45) is 7.61. The first-order valence-electron chi connectivity index (χ1n) is 10.7. The molecule has 28 heavy (non-hydrogen) atoms. The summed E-state index contributed by atoms with van der Waals surface area (Å²) in [5.41, 5.74) is 2.59. The van der Waals surface area contributed by atoms with Crippen molar-refractivity contribution in [2.45, 2.75) is 72.3 Å². The van der Waals surface area contributed by atoms with Crippen molar-refractivity contribution >= 4 is 22.6 Å². The van der Waals surface area contributed by atoms with Crippen molar-refractivity contribution in [2.24, 2.45) is 5.92 Å². The summed E-state index contributed by atoms with van der Waals surface area (Å²) in [5.74, 6) is 0.720. The third-order valence-corrected chi connectivity index (χ3v) is 6.46. The first-order chi connectivity index (χ1) is 13.4. The van der Waals surface area contributed by atoms with E-state index in [-0.39, 0.29) is 11.4 Å². The topological polar surface area (TPSA) is 54.9 Å². The van der Waals surface area contributed by atoms with Crippen molar-refractivity contribution < 1.29 is 14.4 Å². The molecule has 0 radical (unpaired) electrons. The number of aromatic hydroxyl groups is 1. The highest BCUT2D eigenvalue weighted by molar-refractivity contribution is 6.33. The molecule has 0 spiro atoms. The number of hydrogen-bond acceptors (Lipinski definition) is 3. The number of rotatable bonds is 7. The third-order valence-electron chi connectivity index (χ3n) is 6.17. The summed E-state index contributed by atoms with van der Waals surface area (Å²) in [6.45, 7) is 9.18. The normalized spacial score (nSPS) is 20.0. The summed E-state index contributed by atoms with van der Waals surface area (Å²) in [7, 11) is 0. The van der Waals surface area contributed by atoms with E-state index in [0.29, 0.717) is 28.6 Å². The van der Waals surface area contributed by atoms with Crippen molar-refractivity contribution in [1.29, 1.82) is 0 Å². The Bertz CT molecular complexity index is 890. The number of unbranched alkanes of at least 4 members (excludes halogenated alkanes) is 3. The Hall–Kier alpha value is -1.52. The quantitative estimate of drug-likeness (QED) is 0.529. The van der Waals surface area contributed by atoms with Gasteiger partial charge in [0, 0.05) is 16.9 Å². The molecular weight excluding hydrogens is 374 g/mol. The standard InChI is InChI=1S/C23H32ClNO3/c1-4-5-6-7-10-17-16(3)18-12-20(24)21(26)19(22(18)28-23(17)27)14-25-11-8-9-15(2)13-25/h12,15,26H,4-11,13-14H2,1-3H3/p+1/t15-/m1/s1. The molecule has 1 aromatic heterocycles. The largest absolute Gasteiger partial charge is 0.506 e. The molecule has 0 amide bonds. The molecular formula is C23H33ClNO3+. The zero-order valence-electron chi connectivity index (χ0n) is 17.4. The number of phenolic OH excluding ortho intramolecular Hbond substituents is 1. The lowest BCUT2D eigenvalue weighted by Gasteiger charge is -2.28. The molecule has 1 aromatic carbocycles. The van der Waals surface area contributed by atoms with Gasteiger partial charge < -0.3 is 14.4 Å². The second kappa shape index (κ2) is 9.32. The van der Waals surface area contributed by atoms with E-state index in [2.05, 4.69) is 13.8 Å². The Kier molecular flexibility index (Phi) is 7.05. The van der Waals surface area contributed by atoms with Gasteiger partial charge in [-0.2, -0.15) is 0 Å². The van der Waals surface area contributed by atoms with Gasteiger partial charge in [-0.25, -0.2) is 4.79 Å². The van der Waals surface area contributed by atoms with Crippen molar-refractivity contribution in [3.05, 3.63) is 38.2 Å². The van der Waals surface area contributed by atoms with E-state index < -0.39 is 0 Å². The monoisotopic (exact) mass is 406 g/mol.